The lowest BCUT2D eigenvalue weighted by Crippen LogP contribution is -2.13. The van der Waals surface area contributed by atoms with Gasteiger partial charge in [-0.2, -0.15) is 0 Å². The highest BCUT2D eigenvalue weighted by molar-refractivity contribution is 6.04. The smallest absolute Gasteiger partial charge is 0.255 e. The Balaban J connectivity index is 1.56. The predicted molar refractivity (Wildman–Crippen MR) is 101 cm³/mol. The lowest BCUT2D eigenvalue weighted by molar-refractivity contribution is 0.102. The third kappa shape index (κ3) is 4.95. The second-order valence-electron chi connectivity index (χ2n) is 5.75. The summed E-state index contributed by atoms with van der Waals surface area (Å²) in [7, 11) is 0. The van der Waals surface area contributed by atoms with Crippen LogP contribution in [0.1, 0.15) is 22.3 Å². The van der Waals surface area contributed by atoms with Gasteiger partial charge < -0.3 is 10.1 Å². The van der Waals surface area contributed by atoms with Crippen molar-refractivity contribution < 1.29 is 9.53 Å². The second-order valence-corrected chi connectivity index (χ2v) is 5.75. The summed E-state index contributed by atoms with van der Waals surface area (Å²) in [5.41, 5.74) is 2.62. The molecule has 0 heterocycles. The van der Waals surface area contributed by atoms with Crippen LogP contribution in [0.3, 0.4) is 0 Å². The van der Waals surface area contributed by atoms with Gasteiger partial charge in [0.1, 0.15) is 5.75 Å². The Kier molecular flexibility index (Phi) is 5.83. The highest BCUT2D eigenvalue weighted by atomic mass is 16.5. The fourth-order valence-corrected chi connectivity index (χ4v) is 2.58. The molecule has 0 fully saturated rings. The summed E-state index contributed by atoms with van der Waals surface area (Å²) >= 11 is 0. The maximum absolute atomic E-state index is 12.3. The number of aryl methyl sites for hydroxylation is 1. The van der Waals surface area contributed by atoms with Crippen LogP contribution in [0.25, 0.3) is 0 Å². The molecule has 3 aromatic carbocycles. The van der Waals surface area contributed by atoms with Crippen LogP contribution in [0.15, 0.2) is 84.9 Å². The van der Waals surface area contributed by atoms with Crippen LogP contribution < -0.4 is 10.1 Å². The van der Waals surface area contributed by atoms with E-state index in [1.54, 1.807) is 12.1 Å². The van der Waals surface area contributed by atoms with Crippen LogP contribution in [0.5, 0.6) is 5.75 Å². The number of benzene rings is 3. The third-order valence-electron chi connectivity index (χ3n) is 3.88. The van der Waals surface area contributed by atoms with Crippen LogP contribution in [-0.2, 0) is 6.42 Å². The Morgan fingerprint density at radius 2 is 1.44 bits per heavy atom. The maximum Gasteiger partial charge on any atom is 0.255 e. The highest BCUT2D eigenvalue weighted by Crippen LogP contribution is 2.24. The van der Waals surface area contributed by atoms with Crippen molar-refractivity contribution in [3.05, 3.63) is 96.1 Å². The van der Waals surface area contributed by atoms with Gasteiger partial charge in [-0.3, -0.25) is 4.79 Å². The number of carbonyl (C=O) groups is 1. The van der Waals surface area contributed by atoms with Crippen molar-refractivity contribution in [2.45, 2.75) is 12.8 Å². The highest BCUT2D eigenvalue weighted by Gasteiger charge is 2.09. The van der Waals surface area contributed by atoms with Gasteiger partial charge in [0, 0.05) is 5.56 Å². The van der Waals surface area contributed by atoms with E-state index in [-0.39, 0.29) is 5.91 Å². The molecule has 0 aliphatic carbocycles. The molecular formula is C22H21NO2. The zero-order valence-electron chi connectivity index (χ0n) is 14.0. The maximum atomic E-state index is 12.3. The molecule has 3 nitrogen and oxygen atoms in total. The first kappa shape index (κ1) is 16.8. The molecule has 1 N–H and O–H groups in total. The number of hydrogen-bond donors (Lipinski definition) is 1. The molecule has 0 unspecified atom stereocenters. The molecule has 3 heteroatoms. The molecule has 3 aromatic rings. The number of rotatable bonds is 7. The zero-order chi connectivity index (χ0) is 17.3. The minimum atomic E-state index is -0.138. The third-order valence-corrected chi connectivity index (χ3v) is 3.88. The summed E-state index contributed by atoms with van der Waals surface area (Å²) in [6.07, 6.45) is 1.89. The summed E-state index contributed by atoms with van der Waals surface area (Å²) < 4.78 is 5.88. The molecular weight excluding hydrogens is 310 g/mol. The zero-order valence-corrected chi connectivity index (χ0v) is 14.0. The van der Waals surface area contributed by atoms with E-state index in [0.29, 0.717) is 23.6 Å². The largest absolute Gasteiger partial charge is 0.491 e. The number of ether oxygens (including phenoxy) is 1. The van der Waals surface area contributed by atoms with Crippen LogP contribution in [0.2, 0.25) is 0 Å². The Bertz CT molecular complexity index is 801. The van der Waals surface area contributed by atoms with Crippen molar-refractivity contribution in [2.24, 2.45) is 0 Å². The van der Waals surface area contributed by atoms with Gasteiger partial charge in [-0.15, -0.1) is 0 Å². The molecule has 0 aromatic heterocycles. The molecule has 126 valence electrons. The Morgan fingerprint density at radius 3 is 2.20 bits per heavy atom. The van der Waals surface area contributed by atoms with Crippen LogP contribution in [0.4, 0.5) is 5.69 Å². The van der Waals surface area contributed by atoms with Crippen molar-refractivity contribution in [3.63, 3.8) is 0 Å². The van der Waals surface area contributed by atoms with E-state index in [1.807, 2.05) is 60.7 Å². The molecule has 0 aliphatic heterocycles. The van der Waals surface area contributed by atoms with Crippen LogP contribution in [0, 0.1) is 0 Å². The fraction of sp³-hybridized carbons (Fsp3) is 0.136. The Labute approximate surface area is 148 Å². The molecule has 0 saturated heterocycles. The number of hydrogen-bond acceptors (Lipinski definition) is 2. The van der Waals surface area contributed by atoms with Crippen molar-refractivity contribution in [2.75, 3.05) is 11.9 Å². The normalized spacial score (nSPS) is 10.2. The predicted octanol–water partition coefficient (Wildman–Crippen LogP) is 4.95. The molecule has 1 amide bonds. The van der Waals surface area contributed by atoms with E-state index < -0.39 is 0 Å². The first-order chi connectivity index (χ1) is 12.3. The van der Waals surface area contributed by atoms with E-state index in [2.05, 4.69) is 17.4 Å². The van der Waals surface area contributed by atoms with Crippen molar-refractivity contribution in [3.8, 4) is 5.75 Å². The van der Waals surface area contributed by atoms with Gasteiger partial charge in [0.2, 0.25) is 0 Å². The van der Waals surface area contributed by atoms with Crippen molar-refractivity contribution >= 4 is 11.6 Å². The monoisotopic (exact) mass is 331 g/mol. The molecule has 0 spiro atoms. The standard InChI is InChI=1S/C22H21NO2/c24-22(19-13-5-2-6-14-19)23-20-15-7-8-16-21(20)25-17-9-12-18-10-3-1-4-11-18/h1-8,10-11,13-16H,9,12,17H2,(H,23,24). The SMILES string of the molecule is O=C(Nc1ccccc1OCCCc1ccccc1)c1ccccc1. The first-order valence-corrected chi connectivity index (χ1v) is 8.45. The van der Waals surface area contributed by atoms with Crippen molar-refractivity contribution in [1.82, 2.24) is 0 Å². The Morgan fingerprint density at radius 1 is 0.800 bits per heavy atom. The first-order valence-electron chi connectivity index (χ1n) is 8.45. The average Bonchev–Trinajstić information content (AvgIpc) is 2.68. The van der Waals surface area contributed by atoms with Gasteiger partial charge in [0.15, 0.2) is 0 Å². The molecule has 0 radical (unpaired) electrons. The number of carbonyl (C=O) groups excluding carboxylic acids is 1. The molecule has 25 heavy (non-hydrogen) atoms. The number of nitrogens with one attached hydrogen (secondary N) is 1. The lowest BCUT2D eigenvalue weighted by Gasteiger charge is -2.12. The summed E-state index contributed by atoms with van der Waals surface area (Å²) in [5, 5.41) is 2.92. The van der Waals surface area contributed by atoms with E-state index >= 15 is 0 Å². The summed E-state index contributed by atoms with van der Waals surface area (Å²) in [4.78, 5) is 12.3. The lowest BCUT2D eigenvalue weighted by atomic mass is 10.1. The molecule has 3 rings (SSSR count). The van der Waals surface area contributed by atoms with E-state index in [4.69, 9.17) is 4.74 Å². The minimum absolute atomic E-state index is 0.138. The quantitative estimate of drug-likeness (QED) is 0.622. The number of para-hydroxylation sites is 2. The van der Waals surface area contributed by atoms with E-state index in [9.17, 15) is 4.79 Å². The van der Waals surface area contributed by atoms with Gasteiger partial charge in [0.25, 0.3) is 5.91 Å². The molecule has 0 aliphatic rings. The topological polar surface area (TPSA) is 38.3 Å². The van der Waals surface area contributed by atoms with E-state index in [1.165, 1.54) is 5.56 Å². The van der Waals surface area contributed by atoms with Gasteiger partial charge in [-0.05, 0) is 42.7 Å². The van der Waals surface area contributed by atoms with Crippen LogP contribution in [-0.4, -0.2) is 12.5 Å². The van der Waals surface area contributed by atoms with Gasteiger partial charge >= 0.3 is 0 Å². The van der Waals surface area contributed by atoms with E-state index in [0.717, 1.165) is 12.8 Å². The summed E-state index contributed by atoms with van der Waals surface area (Å²) in [6, 6.07) is 27.0. The van der Waals surface area contributed by atoms with Crippen LogP contribution >= 0.6 is 0 Å². The summed E-state index contributed by atoms with van der Waals surface area (Å²) in [5.74, 6) is 0.556. The molecule has 0 bridgehead atoms. The number of amides is 1. The Hall–Kier alpha value is -3.07. The number of anilines is 1. The average molecular weight is 331 g/mol. The molecule has 0 atom stereocenters. The van der Waals surface area contributed by atoms with Gasteiger partial charge in [-0.25, -0.2) is 0 Å². The summed E-state index contributed by atoms with van der Waals surface area (Å²) in [6.45, 7) is 0.604. The van der Waals surface area contributed by atoms with Gasteiger partial charge in [-0.1, -0.05) is 60.7 Å². The second kappa shape index (κ2) is 8.69. The fourth-order valence-electron chi connectivity index (χ4n) is 2.58. The van der Waals surface area contributed by atoms with Crippen molar-refractivity contribution in [1.29, 1.82) is 0 Å². The minimum Gasteiger partial charge on any atom is -0.491 e. The molecule has 0 saturated carbocycles. The van der Waals surface area contributed by atoms with Gasteiger partial charge in [0.05, 0.1) is 12.3 Å².